The summed E-state index contributed by atoms with van der Waals surface area (Å²) in [7, 11) is -0.882. The van der Waals surface area contributed by atoms with Gasteiger partial charge in [-0.3, -0.25) is 4.79 Å². The largest absolute Gasteiger partial charge is 0.361 e. The van der Waals surface area contributed by atoms with Gasteiger partial charge in [0.25, 0.3) is 0 Å². The van der Waals surface area contributed by atoms with E-state index in [0.717, 1.165) is 4.31 Å². The number of carbonyl (C=O) groups is 1. The van der Waals surface area contributed by atoms with Crippen molar-refractivity contribution in [1.82, 2.24) is 9.46 Å². The summed E-state index contributed by atoms with van der Waals surface area (Å²) in [6, 6.07) is 4.31. The number of rotatable bonds is 5. The summed E-state index contributed by atoms with van der Waals surface area (Å²) in [6.45, 7) is 3.48. The van der Waals surface area contributed by atoms with E-state index in [9.17, 15) is 13.2 Å². The van der Waals surface area contributed by atoms with Crippen LogP contribution >= 0.6 is 11.6 Å². The molecule has 0 aliphatic heterocycles. The smallest absolute Gasteiger partial charge is 0.244 e. The monoisotopic (exact) mass is 371 g/mol. The average molecular weight is 372 g/mol. The number of sulfonamides is 1. The van der Waals surface area contributed by atoms with Crippen LogP contribution in [0.1, 0.15) is 17.0 Å². The van der Waals surface area contributed by atoms with Crippen molar-refractivity contribution in [3.05, 3.63) is 40.2 Å². The maximum Gasteiger partial charge on any atom is 0.244 e. The van der Waals surface area contributed by atoms with E-state index >= 15 is 0 Å². The maximum absolute atomic E-state index is 12.2. The van der Waals surface area contributed by atoms with Gasteiger partial charge in [-0.1, -0.05) is 16.8 Å². The van der Waals surface area contributed by atoms with Gasteiger partial charge >= 0.3 is 0 Å². The minimum Gasteiger partial charge on any atom is -0.361 e. The molecule has 2 aromatic rings. The minimum atomic E-state index is -3.70. The topological polar surface area (TPSA) is 92.5 Å². The fraction of sp³-hybridized carbons (Fsp3) is 0.333. The molecular formula is C15H18ClN3O4S. The minimum absolute atomic E-state index is 0.0655. The Labute approximate surface area is 145 Å². The highest BCUT2D eigenvalue weighted by atomic mass is 35.5. The first-order valence-electron chi connectivity index (χ1n) is 7.06. The molecule has 1 aromatic carbocycles. The third-order valence-electron chi connectivity index (χ3n) is 3.49. The molecule has 130 valence electrons. The van der Waals surface area contributed by atoms with E-state index in [0.29, 0.717) is 22.7 Å². The van der Waals surface area contributed by atoms with Gasteiger partial charge in [0, 0.05) is 25.3 Å². The lowest BCUT2D eigenvalue weighted by molar-refractivity contribution is -0.115. The van der Waals surface area contributed by atoms with Crippen LogP contribution < -0.4 is 5.32 Å². The van der Waals surface area contributed by atoms with E-state index < -0.39 is 10.0 Å². The molecule has 1 amide bonds. The average Bonchev–Trinajstić information content (AvgIpc) is 2.80. The summed E-state index contributed by atoms with van der Waals surface area (Å²) >= 11 is 5.98. The number of amides is 1. The molecule has 0 atom stereocenters. The number of halogens is 1. The summed E-state index contributed by atoms with van der Waals surface area (Å²) in [6.07, 6.45) is 0.0829. The molecule has 0 saturated carbocycles. The second kappa shape index (κ2) is 6.92. The van der Waals surface area contributed by atoms with Gasteiger partial charge in [0.2, 0.25) is 15.9 Å². The van der Waals surface area contributed by atoms with Crippen molar-refractivity contribution in [2.75, 3.05) is 19.4 Å². The number of nitrogens with zero attached hydrogens (tertiary/aromatic N) is 2. The summed E-state index contributed by atoms with van der Waals surface area (Å²) in [4.78, 5) is 12.1. The SMILES string of the molecule is Cc1noc(C)c1CC(=O)Nc1ccc(Cl)c(S(=O)(=O)N(C)C)c1. The highest BCUT2D eigenvalue weighted by molar-refractivity contribution is 7.89. The molecular weight excluding hydrogens is 354 g/mol. The molecule has 1 aromatic heterocycles. The predicted octanol–water partition coefficient (Wildman–Crippen LogP) is 2.38. The molecule has 0 unspecified atom stereocenters. The number of anilines is 1. The van der Waals surface area contributed by atoms with Crippen molar-refractivity contribution in [3.63, 3.8) is 0 Å². The molecule has 0 saturated heterocycles. The summed E-state index contributed by atoms with van der Waals surface area (Å²) in [5.74, 6) is 0.273. The standard InChI is InChI=1S/C15H18ClN3O4S/c1-9-12(10(2)23-18-9)8-15(20)17-11-5-6-13(16)14(7-11)24(21,22)19(3)4/h5-7H,8H2,1-4H3,(H,17,20). The number of aryl methyl sites for hydroxylation is 2. The van der Waals surface area contributed by atoms with Gasteiger partial charge in [-0.15, -0.1) is 0 Å². The van der Waals surface area contributed by atoms with Gasteiger partial charge in [-0.2, -0.15) is 0 Å². The normalized spacial score (nSPS) is 11.8. The molecule has 1 N–H and O–H groups in total. The van der Waals surface area contributed by atoms with E-state index in [1.54, 1.807) is 19.9 Å². The number of hydrogen-bond acceptors (Lipinski definition) is 5. The van der Waals surface area contributed by atoms with Crippen LogP contribution in [0.5, 0.6) is 0 Å². The lowest BCUT2D eigenvalue weighted by Crippen LogP contribution is -2.23. The van der Waals surface area contributed by atoms with Crippen molar-refractivity contribution < 1.29 is 17.7 Å². The Bertz CT molecular complexity index is 855. The zero-order valence-electron chi connectivity index (χ0n) is 13.8. The molecule has 0 spiro atoms. The van der Waals surface area contributed by atoms with Gasteiger partial charge in [-0.25, -0.2) is 12.7 Å². The third-order valence-corrected chi connectivity index (χ3v) is 5.79. The Morgan fingerprint density at radius 3 is 2.54 bits per heavy atom. The van der Waals surface area contributed by atoms with Crippen LogP contribution in [0.4, 0.5) is 5.69 Å². The molecule has 7 nitrogen and oxygen atoms in total. The number of aromatic nitrogens is 1. The van der Waals surface area contributed by atoms with Crippen molar-refractivity contribution in [3.8, 4) is 0 Å². The fourth-order valence-electron chi connectivity index (χ4n) is 2.10. The van der Waals surface area contributed by atoms with Crippen LogP contribution in [0.2, 0.25) is 5.02 Å². The number of benzene rings is 1. The molecule has 0 bridgehead atoms. The lowest BCUT2D eigenvalue weighted by atomic mass is 10.1. The lowest BCUT2D eigenvalue weighted by Gasteiger charge is -2.14. The molecule has 0 radical (unpaired) electrons. The van der Waals surface area contributed by atoms with Crippen molar-refractivity contribution in [1.29, 1.82) is 0 Å². The number of carbonyl (C=O) groups excluding carboxylic acids is 1. The molecule has 0 aliphatic carbocycles. The second-order valence-corrected chi connectivity index (χ2v) is 7.99. The molecule has 0 aliphatic rings. The van der Waals surface area contributed by atoms with Crippen LogP contribution in [0, 0.1) is 13.8 Å². The summed E-state index contributed by atoms with van der Waals surface area (Å²) in [5, 5.41) is 6.55. The molecule has 0 fully saturated rings. The quantitative estimate of drug-likeness (QED) is 0.871. The maximum atomic E-state index is 12.2. The first-order chi connectivity index (χ1) is 11.1. The molecule has 1 heterocycles. The predicted molar refractivity (Wildman–Crippen MR) is 90.6 cm³/mol. The van der Waals surface area contributed by atoms with Crippen LogP contribution in [0.25, 0.3) is 0 Å². The number of nitrogens with one attached hydrogen (secondary N) is 1. The van der Waals surface area contributed by atoms with E-state index in [2.05, 4.69) is 10.5 Å². The zero-order chi connectivity index (χ0) is 18.1. The van der Waals surface area contributed by atoms with Gasteiger partial charge in [0.1, 0.15) is 10.7 Å². The van der Waals surface area contributed by atoms with Gasteiger partial charge in [0.05, 0.1) is 17.1 Å². The Hall–Kier alpha value is -1.90. The Kier molecular flexibility index (Phi) is 5.32. The highest BCUT2D eigenvalue weighted by Crippen LogP contribution is 2.27. The number of hydrogen-bond donors (Lipinski definition) is 1. The van der Waals surface area contributed by atoms with Gasteiger partial charge in [0.15, 0.2) is 0 Å². The van der Waals surface area contributed by atoms with E-state index in [-0.39, 0.29) is 22.2 Å². The molecule has 9 heteroatoms. The van der Waals surface area contributed by atoms with Crippen LogP contribution in [0.3, 0.4) is 0 Å². The van der Waals surface area contributed by atoms with E-state index in [1.165, 1.54) is 26.2 Å². The second-order valence-electron chi connectivity index (χ2n) is 5.46. The van der Waals surface area contributed by atoms with Gasteiger partial charge < -0.3 is 9.84 Å². The van der Waals surface area contributed by atoms with E-state index in [4.69, 9.17) is 16.1 Å². The fourth-order valence-corrected chi connectivity index (χ4v) is 3.49. The Balaban J connectivity index is 2.23. The first kappa shape index (κ1) is 18.4. The molecule has 2 rings (SSSR count). The zero-order valence-corrected chi connectivity index (χ0v) is 15.3. The van der Waals surface area contributed by atoms with Gasteiger partial charge in [-0.05, 0) is 32.0 Å². The van der Waals surface area contributed by atoms with Crippen LogP contribution in [-0.2, 0) is 21.2 Å². The Morgan fingerprint density at radius 1 is 1.33 bits per heavy atom. The highest BCUT2D eigenvalue weighted by Gasteiger charge is 2.22. The molecule has 24 heavy (non-hydrogen) atoms. The van der Waals surface area contributed by atoms with E-state index in [1.807, 2.05) is 0 Å². The van der Waals surface area contributed by atoms with Crippen molar-refractivity contribution in [2.45, 2.75) is 25.2 Å². The van der Waals surface area contributed by atoms with Crippen LogP contribution in [0.15, 0.2) is 27.6 Å². The first-order valence-corrected chi connectivity index (χ1v) is 8.88. The third kappa shape index (κ3) is 3.77. The van der Waals surface area contributed by atoms with Crippen LogP contribution in [-0.4, -0.2) is 37.9 Å². The van der Waals surface area contributed by atoms with Crippen molar-refractivity contribution >= 4 is 33.2 Å². The summed E-state index contributed by atoms with van der Waals surface area (Å²) in [5.41, 5.74) is 1.70. The summed E-state index contributed by atoms with van der Waals surface area (Å²) < 4.78 is 30.6. The van der Waals surface area contributed by atoms with Crippen molar-refractivity contribution in [2.24, 2.45) is 0 Å². The Morgan fingerprint density at radius 2 is 2.00 bits per heavy atom.